The average Bonchev–Trinajstić information content (AvgIpc) is 4.20. The molecule has 0 radical (unpaired) electrons. The lowest BCUT2D eigenvalue weighted by molar-refractivity contribution is 0.0583. The minimum Gasteiger partial charge on any atom is -0.489 e. The number of nitrogens with zero attached hydrogens (tertiary/aromatic N) is 2. The van der Waals surface area contributed by atoms with Crippen molar-refractivity contribution in [2.24, 2.45) is 0 Å². The molecule has 0 N–H and O–H groups in total. The van der Waals surface area contributed by atoms with E-state index in [2.05, 4.69) is 23.6 Å². The highest BCUT2D eigenvalue weighted by molar-refractivity contribution is 5.90. The summed E-state index contributed by atoms with van der Waals surface area (Å²) in [4.78, 5) is 28.4. The molecule has 2 aliphatic carbocycles. The minimum atomic E-state index is -0.669. The first-order chi connectivity index (χ1) is 28.9. The van der Waals surface area contributed by atoms with Crippen LogP contribution in [0, 0.1) is 23.3 Å². The van der Waals surface area contributed by atoms with Crippen LogP contribution >= 0.6 is 0 Å². The van der Waals surface area contributed by atoms with Crippen LogP contribution < -0.4 is 9.47 Å². The van der Waals surface area contributed by atoms with Crippen molar-refractivity contribution in [1.29, 1.82) is 0 Å². The van der Waals surface area contributed by atoms with Crippen LogP contribution in [0.3, 0.4) is 0 Å². The maximum atomic E-state index is 14.5. The van der Waals surface area contributed by atoms with E-state index in [4.69, 9.17) is 18.9 Å². The zero-order valence-electron chi connectivity index (χ0n) is 34.7. The number of likely N-dealkylation sites (tertiary alicyclic amines) is 2. The molecule has 4 fully saturated rings. The van der Waals surface area contributed by atoms with Crippen molar-refractivity contribution in [3.05, 3.63) is 129 Å². The van der Waals surface area contributed by atoms with Crippen molar-refractivity contribution in [3.63, 3.8) is 0 Å². The van der Waals surface area contributed by atoms with E-state index >= 15 is 0 Å². The van der Waals surface area contributed by atoms with Crippen molar-refractivity contribution in [2.45, 2.75) is 101 Å². The normalized spacial score (nSPS) is 20.6. The number of piperidine rings is 2. The predicted octanol–water partition coefficient (Wildman–Crippen LogP) is 10.5. The second kappa shape index (κ2) is 19.2. The Morgan fingerprint density at radius 2 is 0.933 bits per heavy atom. The Bertz CT molecular complexity index is 1970. The van der Waals surface area contributed by atoms with E-state index in [0.717, 1.165) is 86.7 Å². The Labute approximate surface area is 349 Å². The summed E-state index contributed by atoms with van der Waals surface area (Å²) in [6, 6.07) is 19.3. The molecule has 0 bridgehead atoms. The SMILES string of the molecule is COC(=O)c1cc(C2CC2)c(O[C@@H]2CCCN([C@@H](C)c3ccc(F)cc3)C2)cc1F.COC(=O)c1cc(C2CC2)c(O[C@@H]2CCCN([C@H](C)c3ccc(F)cc3)C2)cc1F. The van der Waals surface area contributed by atoms with Crippen LogP contribution in [0.5, 0.6) is 11.5 Å². The van der Waals surface area contributed by atoms with Crippen LogP contribution in [0.15, 0.2) is 72.8 Å². The zero-order chi connectivity index (χ0) is 42.5. The van der Waals surface area contributed by atoms with Gasteiger partial charge in [-0.1, -0.05) is 24.3 Å². The third-order valence-electron chi connectivity index (χ3n) is 12.3. The number of benzene rings is 4. The summed E-state index contributed by atoms with van der Waals surface area (Å²) >= 11 is 0. The summed E-state index contributed by atoms with van der Waals surface area (Å²) in [5.41, 5.74) is 3.82. The van der Waals surface area contributed by atoms with Gasteiger partial charge in [-0.3, -0.25) is 9.80 Å². The van der Waals surface area contributed by atoms with Crippen molar-refractivity contribution in [1.82, 2.24) is 9.80 Å². The number of hydrogen-bond donors (Lipinski definition) is 0. The van der Waals surface area contributed by atoms with Crippen molar-refractivity contribution in [2.75, 3.05) is 40.4 Å². The molecule has 4 aliphatic rings. The Morgan fingerprint density at radius 3 is 1.27 bits per heavy atom. The smallest absolute Gasteiger partial charge is 0.340 e. The molecule has 2 aliphatic heterocycles. The number of halogens is 4. The second-order valence-corrected chi connectivity index (χ2v) is 16.5. The van der Waals surface area contributed by atoms with Gasteiger partial charge >= 0.3 is 11.9 Å². The van der Waals surface area contributed by atoms with E-state index in [1.807, 2.05) is 24.3 Å². The van der Waals surface area contributed by atoms with Crippen LogP contribution in [0.1, 0.15) is 132 Å². The number of carbonyl (C=O) groups is 2. The second-order valence-electron chi connectivity index (χ2n) is 16.5. The minimum absolute atomic E-state index is 0.0399. The molecule has 12 heteroatoms. The van der Waals surface area contributed by atoms with E-state index in [1.54, 1.807) is 12.1 Å². The Morgan fingerprint density at radius 1 is 0.567 bits per heavy atom. The molecule has 8 rings (SSSR count). The molecule has 2 saturated carbocycles. The number of ether oxygens (including phenoxy) is 4. The number of rotatable bonds is 12. The van der Waals surface area contributed by atoms with E-state index in [0.29, 0.717) is 36.4 Å². The highest BCUT2D eigenvalue weighted by Gasteiger charge is 2.34. The maximum Gasteiger partial charge on any atom is 0.340 e. The lowest BCUT2D eigenvalue weighted by Crippen LogP contribution is -2.42. The maximum absolute atomic E-state index is 14.5. The van der Waals surface area contributed by atoms with Gasteiger partial charge in [0.05, 0.1) is 25.3 Å². The molecule has 320 valence electrons. The van der Waals surface area contributed by atoms with Crippen LogP contribution in [0.2, 0.25) is 0 Å². The molecule has 4 atom stereocenters. The first-order valence-corrected chi connectivity index (χ1v) is 21.1. The van der Waals surface area contributed by atoms with Crippen molar-refractivity contribution >= 4 is 11.9 Å². The number of esters is 2. The molecule has 8 nitrogen and oxygen atoms in total. The van der Waals surface area contributed by atoms with Gasteiger partial charge in [-0.05, 0) is 149 Å². The number of methoxy groups -OCH3 is 2. The van der Waals surface area contributed by atoms with Gasteiger partial charge in [0, 0.05) is 37.3 Å². The van der Waals surface area contributed by atoms with Crippen LogP contribution in [0.4, 0.5) is 17.6 Å². The fourth-order valence-corrected chi connectivity index (χ4v) is 8.40. The van der Waals surface area contributed by atoms with E-state index < -0.39 is 23.6 Å². The van der Waals surface area contributed by atoms with E-state index in [-0.39, 0.29) is 47.1 Å². The number of carbonyl (C=O) groups excluding carboxylic acids is 2. The third-order valence-corrected chi connectivity index (χ3v) is 12.3. The predicted molar refractivity (Wildman–Crippen MR) is 220 cm³/mol. The van der Waals surface area contributed by atoms with Crippen LogP contribution in [-0.4, -0.2) is 74.3 Å². The molecule has 60 heavy (non-hydrogen) atoms. The lowest BCUT2D eigenvalue weighted by atomic mass is 10.0. The van der Waals surface area contributed by atoms with Gasteiger partial charge in [-0.15, -0.1) is 0 Å². The molecular weight excluding hydrogens is 777 g/mol. The first-order valence-electron chi connectivity index (χ1n) is 21.1. The highest BCUT2D eigenvalue weighted by atomic mass is 19.1. The summed E-state index contributed by atoms with van der Waals surface area (Å²) in [5.74, 6) is -1.37. The summed E-state index contributed by atoms with van der Waals surface area (Å²) in [7, 11) is 2.50. The standard InChI is InChI=1S/2C24H27F2NO3/c2*1-15(16-7-9-18(25)10-8-16)27-11-3-4-19(14-27)30-23-13-22(26)21(24(28)29-2)12-20(23)17-5-6-17/h2*7-10,12-13,15,17,19H,3-6,11,14H2,1-2H3/t15-,19+;15-,19-/m01/s1. The Kier molecular flexibility index (Phi) is 13.8. The molecule has 0 spiro atoms. The average molecular weight is 831 g/mol. The van der Waals surface area contributed by atoms with Crippen molar-refractivity contribution < 1.29 is 46.1 Å². The van der Waals surface area contributed by atoms with Crippen molar-refractivity contribution in [3.8, 4) is 11.5 Å². The van der Waals surface area contributed by atoms with Gasteiger partial charge in [0.15, 0.2) is 0 Å². The fraction of sp³-hybridized carbons (Fsp3) is 0.458. The molecular formula is C48H54F4N2O6. The number of hydrogen-bond acceptors (Lipinski definition) is 8. The van der Waals surface area contributed by atoms with Crippen LogP contribution in [0.25, 0.3) is 0 Å². The first kappa shape index (κ1) is 43.2. The van der Waals surface area contributed by atoms with E-state index in [9.17, 15) is 27.2 Å². The summed E-state index contributed by atoms with van der Waals surface area (Å²) in [6.07, 6.45) is 7.64. The molecule has 0 amide bonds. The van der Waals surface area contributed by atoms with Gasteiger partial charge in [-0.2, -0.15) is 0 Å². The molecule has 2 heterocycles. The summed E-state index contributed by atoms with van der Waals surface area (Å²) in [5, 5.41) is 0. The molecule has 0 aromatic heterocycles. The molecule has 0 unspecified atom stereocenters. The Balaban J connectivity index is 0.000000181. The quantitative estimate of drug-likeness (QED) is 0.103. The van der Waals surface area contributed by atoms with E-state index in [1.165, 1.54) is 50.6 Å². The fourth-order valence-electron chi connectivity index (χ4n) is 8.40. The Hall–Kier alpha value is -4.94. The molecule has 4 aromatic carbocycles. The third kappa shape index (κ3) is 10.5. The largest absolute Gasteiger partial charge is 0.489 e. The van der Waals surface area contributed by atoms with Gasteiger partial charge < -0.3 is 18.9 Å². The van der Waals surface area contributed by atoms with Gasteiger partial charge in [0.1, 0.15) is 47.0 Å². The van der Waals surface area contributed by atoms with Crippen LogP contribution in [-0.2, 0) is 9.47 Å². The summed E-state index contributed by atoms with van der Waals surface area (Å²) in [6.45, 7) is 7.51. The zero-order valence-corrected chi connectivity index (χ0v) is 34.7. The molecule has 4 aromatic rings. The monoisotopic (exact) mass is 830 g/mol. The topological polar surface area (TPSA) is 77.5 Å². The van der Waals surface area contributed by atoms with Gasteiger partial charge in [-0.25, -0.2) is 27.2 Å². The summed E-state index contributed by atoms with van der Waals surface area (Å²) < 4.78 is 77.5. The molecule has 2 saturated heterocycles. The highest BCUT2D eigenvalue weighted by Crippen LogP contribution is 2.47. The lowest BCUT2D eigenvalue weighted by Gasteiger charge is -2.37. The van der Waals surface area contributed by atoms with Gasteiger partial charge in [0.2, 0.25) is 0 Å². The van der Waals surface area contributed by atoms with Gasteiger partial charge in [0.25, 0.3) is 0 Å².